The van der Waals surface area contributed by atoms with Crippen molar-refractivity contribution in [2.24, 2.45) is 17.3 Å². The van der Waals surface area contributed by atoms with Crippen molar-refractivity contribution in [3.05, 3.63) is 29.3 Å². The molecule has 152 valence electrons. The highest BCUT2D eigenvalue weighted by Crippen LogP contribution is 2.61. The molecule has 0 spiro atoms. The lowest BCUT2D eigenvalue weighted by Crippen LogP contribution is -2.47. The van der Waals surface area contributed by atoms with Gasteiger partial charge in [0.25, 0.3) is 0 Å². The molecule has 0 heterocycles. The Bertz CT molecular complexity index is 804. The van der Waals surface area contributed by atoms with Crippen LogP contribution in [0.15, 0.2) is 18.2 Å². The fourth-order valence-corrected chi connectivity index (χ4v) is 6.21. The Morgan fingerprint density at radius 3 is 2.54 bits per heavy atom. The largest absolute Gasteiger partial charge is 0.459 e. The number of rotatable bonds is 2. The van der Waals surface area contributed by atoms with Crippen LogP contribution in [-0.2, 0) is 20.7 Å². The predicted molar refractivity (Wildman–Crippen MR) is 101 cm³/mol. The average Bonchev–Trinajstić information content (AvgIpc) is 2.81. The summed E-state index contributed by atoms with van der Waals surface area (Å²) in [7, 11) is 0. The summed E-state index contributed by atoms with van der Waals surface area (Å²) in [6, 6.07) is 5.81. The maximum absolute atomic E-state index is 11.6. The highest BCUT2D eigenvalue weighted by Gasteiger charge is 2.64. The number of aliphatic hydroxyl groups is 2. The second-order valence-electron chi connectivity index (χ2n) is 8.84. The third-order valence-corrected chi connectivity index (χ3v) is 7.23. The van der Waals surface area contributed by atoms with E-state index in [0.29, 0.717) is 5.75 Å². The summed E-state index contributed by atoms with van der Waals surface area (Å²) >= 11 is 0. The first kappa shape index (κ1) is 19.4. The average molecular weight is 388 g/mol. The van der Waals surface area contributed by atoms with Gasteiger partial charge in [0, 0.05) is 19.3 Å². The minimum Gasteiger partial charge on any atom is -0.459 e. The van der Waals surface area contributed by atoms with Crippen LogP contribution in [0.4, 0.5) is 0 Å². The molecule has 1 aromatic rings. The Kier molecular flexibility index (Phi) is 4.74. The van der Waals surface area contributed by atoms with Crippen LogP contribution in [0.1, 0.15) is 57.1 Å². The zero-order chi connectivity index (χ0) is 20.2. The summed E-state index contributed by atoms with van der Waals surface area (Å²) < 4.78 is 10.7. The highest BCUT2D eigenvalue weighted by molar-refractivity contribution is 5.69. The zero-order valence-electron chi connectivity index (χ0n) is 16.6. The third-order valence-electron chi connectivity index (χ3n) is 7.23. The van der Waals surface area contributed by atoms with E-state index in [2.05, 4.69) is 0 Å². The van der Waals surface area contributed by atoms with Crippen molar-refractivity contribution >= 4 is 11.9 Å². The van der Waals surface area contributed by atoms with Crippen molar-refractivity contribution in [2.75, 3.05) is 0 Å². The van der Waals surface area contributed by atoms with Crippen molar-refractivity contribution in [2.45, 2.75) is 70.7 Å². The quantitative estimate of drug-likeness (QED) is 0.597. The summed E-state index contributed by atoms with van der Waals surface area (Å²) in [5.41, 5.74) is 2.00. The molecular formula is C22H28O6. The summed E-state index contributed by atoms with van der Waals surface area (Å²) in [6.45, 7) is 4.78. The number of aryl methyl sites for hydroxylation is 1. The third kappa shape index (κ3) is 2.94. The molecule has 28 heavy (non-hydrogen) atoms. The molecule has 0 bridgehead atoms. The van der Waals surface area contributed by atoms with Gasteiger partial charge in [-0.1, -0.05) is 13.0 Å². The SMILES string of the molecule is CC(=O)Oc1ccc2c(c1)CCC1C2CC[C@@]2(C)C1[C@H](O)[C@H](O)[C@@H]2OC(C)=O. The van der Waals surface area contributed by atoms with Crippen molar-refractivity contribution in [1.29, 1.82) is 0 Å². The summed E-state index contributed by atoms with van der Waals surface area (Å²) in [5, 5.41) is 21.5. The number of hydrogen-bond acceptors (Lipinski definition) is 6. The Balaban J connectivity index is 1.65. The standard InChI is InChI=1S/C22H28O6/c1-11(23)27-14-5-7-15-13(10-14)4-6-17-16(15)8-9-22(3)18(17)19(25)20(26)21(22)28-12(2)24/h5,7,10,16-21,25-26H,4,6,8-9H2,1-3H3/t16?,17?,18?,19-,20-,21-,22-/m0/s1. The van der Waals surface area contributed by atoms with Crippen molar-refractivity contribution in [3.8, 4) is 5.75 Å². The first-order chi connectivity index (χ1) is 13.2. The van der Waals surface area contributed by atoms with Crippen molar-refractivity contribution in [3.63, 3.8) is 0 Å². The van der Waals surface area contributed by atoms with E-state index >= 15 is 0 Å². The van der Waals surface area contributed by atoms with Crippen LogP contribution in [0.25, 0.3) is 0 Å². The molecule has 1 aromatic carbocycles. The Hall–Kier alpha value is -1.92. The van der Waals surface area contributed by atoms with Crippen LogP contribution >= 0.6 is 0 Å². The minimum atomic E-state index is -1.05. The lowest BCUT2D eigenvalue weighted by atomic mass is 9.55. The molecule has 7 atom stereocenters. The number of carbonyl (C=O) groups is 2. The van der Waals surface area contributed by atoms with E-state index < -0.39 is 29.7 Å². The van der Waals surface area contributed by atoms with Gasteiger partial charge < -0.3 is 19.7 Å². The Morgan fingerprint density at radius 2 is 1.86 bits per heavy atom. The molecular weight excluding hydrogens is 360 g/mol. The van der Waals surface area contributed by atoms with Gasteiger partial charge in [0.1, 0.15) is 18.0 Å². The number of ether oxygens (including phenoxy) is 2. The summed E-state index contributed by atoms with van der Waals surface area (Å²) in [4.78, 5) is 22.8. The topological polar surface area (TPSA) is 93.1 Å². The van der Waals surface area contributed by atoms with E-state index in [0.717, 1.165) is 25.7 Å². The molecule has 2 N–H and O–H groups in total. The zero-order valence-corrected chi connectivity index (χ0v) is 16.6. The van der Waals surface area contributed by atoms with E-state index in [9.17, 15) is 19.8 Å². The Labute approximate surface area is 164 Å². The van der Waals surface area contributed by atoms with Gasteiger partial charge in [-0.15, -0.1) is 0 Å². The van der Waals surface area contributed by atoms with Crippen LogP contribution in [0, 0.1) is 17.3 Å². The summed E-state index contributed by atoms with van der Waals surface area (Å²) in [5.74, 6) is 0.194. The highest BCUT2D eigenvalue weighted by atomic mass is 16.6. The molecule has 0 saturated heterocycles. The van der Waals surface area contributed by atoms with Gasteiger partial charge >= 0.3 is 11.9 Å². The van der Waals surface area contributed by atoms with Gasteiger partial charge in [0.15, 0.2) is 0 Å². The fourth-order valence-electron chi connectivity index (χ4n) is 6.21. The van der Waals surface area contributed by atoms with Gasteiger partial charge in [-0.25, -0.2) is 0 Å². The molecule has 3 aliphatic carbocycles. The van der Waals surface area contributed by atoms with Crippen LogP contribution in [-0.4, -0.2) is 40.5 Å². The second kappa shape index (κ2) is 6.85. The molecule has 0 aromatic heterocycles. The first-order valence-electron chi connectivity index (χ1n) is 10.1. The van der Waals surface area contributed by atoms with Gasteiger partial charge in [0.2, 0.25) is 0 Å². The number of benzene rings is 1. The van der Waals surface area contributed by atoms with Crippen molar-refractivity contribution in [1.82, 2.24) is 0 Å². The molecule has 6 heteroatoms. The number of hydrogen-bond donors (Lipinski definition) is 2. The molecule has 0 amide bonds. The Morgan fingerprint density at radius 1 is 1.11 bits per heavy atom. The van der Waals surface area contributed by atoms with Crippen LogP contribution < -0.4 is 4.74 Å². The normalized spacial score (nSPS) is 38.8. The summed E-state index contributed by atoms with van der Waals surface area (Å²) in [6.07, 6.45) is 0.787. The van der Waals surface area contributed by atoms with E-state index in [4.69, 9.17) is 9.47 Å². The monoisotopic (exact) mass is 388 g/mol. The fraction of sp³-hybridized carbons (Fsp3) is 0.636. The maximum Gasteiger partial charge on any atom is 0.308 e. The number of fused-ring (bicyclic) bond motifs is 5. The number of esters is 2. The smallest absolute Gasteiger partial charge is 0.308 e. The predicted octanol–water partition coefficient (Wildman–Crippen LogP) is 2.34. The van der Waals surface area contributed by atoms with Crippen LogP contribution in [0.5, 0.6) is 5.75 Å². The molecule has 0 aliphatic heterocycles. The van der Waals surface area contributed by atoms with E-state index in [1.165, 1.54) is 25.0 Å². The van der Waals surface area contributed by atoms with Crippen molar-refractivity contribution < 1.29 is 29.3 Å². The maximum atomic E-state index is 11.6. The minimum absolute atomic E-state index is 0.119. The van der Waals surface area contributed by atoms with Gasteiger partial charge in [-0.05, 0) is 66.7 Å². The second-order valence-corrected chi connectivity index (χ2v) is 8.84. The molecule has 3 unspecified atom stereocenters. The molecule has 2 fully saturated rings. The molecule has 3 aliphatic rings. The lowest BCUT2D eigenvalue weighted by Gasteiger charge is -2.50. The van der Waals surface area contributed by atoms with Gasteiger partial charge in [-0.2, -0.15) is 0 Å². The van der Waals surface area contributed by atoms with E-state index in [1.807, 2.05) is 25.1 Å². The van der Waals surface area contributed by atoms with Gasteiger partial charge in [0.05, 0.1) is 6.10 Å². The van der Waals surface area contributed by atoms with Crippen LogP contribution in [0.2, 0.25) is 0 Å². The molecule has 0 radical (unpaired) electrons. The van der Waals surface area contributed by atoms with Crippen LogP contribution in [0.3, 0.4) is 0 Å². The molecule has 2 saturated carbocycles. The molecule has 4 rings (SSSR count). The van der Waals surface area contributed by atoms with Gasteiger partial charge in [-0.3, -0.25) is 9.59 Å². The van der Waals surface area contributed by atoms with E-state index in [1.54, 1.807) is 0 Å². The lowest BCUT2D eigenvalue weighted by molar-refractivity contribution is -0.161. The first-order valence-corrected chi connectivity index (χ1v) is 10.1. The number of carbonyl (C=O) groups excluding carboxylic acids is 2. The van der Waals surface area contributed by atoms with E-state index in [-0.39, 0.29) is 23.7 Å². The molecule has 6 nitrogen and oxygen atoms in total. The number of aliphatic hydroxyl groups excluding tert-OH is 2.